The van der Waals surface area contributed by atoms with Gasteiger partial charge in [0, 0.05) is 13.0 Å². The molecular formula is C23H20ClF2N3O7. The van der Waals surface area contributed by atoms with Crippen molar-refractivity contribution in [3.63, 3.8) is 0 Å². The Hall–Kier alpha value is -3.61. The molecule has 0 radical (unpaired) electrons. The molecule has 3 N–H and O–H groups in total. The molecule has 190 valence electrons. The van der Waals surface area contributed by atoms with Crippen LogP contribution in [0, 0.1) is 11.6 Å². The number of hydrogen-bond donors (Lipinski definition) is 3. The van der Waals surface area contributed by atoms with E-state index in [2.05, 4.69) is 15.3 Å². The number of nitrogens with one attached hydrogen (secondary N) is 2. The van der Waals surface area contributed by atoms with Gasteiger partial charge in [-0.3, -0.25) is 9.59 Å². The largest absolute Gasteiger partial charge is 0.489 e. The quantitative estimate of drug-likeness (QED) is 0.409. The lowest BCUT2D eigenvalue weighted by atomic mass is 10.2. The third-order valence-corrected chi connectivity index (χ3v) is 5.65. The van der Waals surface area contributed by atoms with Crippen molar-refractivity contribution >= 4 is 34.4 Å². The highest BCUT2D eigenvalue weighted by Gasteiger charge is 2.27. The van der Waals surface area contributed by atoms with E-state index < -0.39 is 41.3 Å². The Morgan fingerprint density at radius 2 is 1.97 bits per heavy atom. The lowest BCUT2D eigenvalue weighted by Crippen LogP contribution is -2.40. The molecule has 3 aromatic rings. The number of H-pyrrole nitrogens is 1. The summed E-state index contributed by atoms with van der Waals surface area (Å²) in [6.07, 6.45) is -1.25. The molecule has 0 spiro atoms. The van der Waals surface area contributed by atoms with Gasteiger partial charge in [-0.15, -0.1) is 0 Å². The topological polar surface area (TPSA) is 140 Å². The number of carboxylic acids is 1. The van der Waals surface area contributed by atoms with Gasteiger partial charge in [-0.05, 0) is 29.8 Å². The maximum Gasteiger partial charge on any atom is 0.335 e. The Morgan fingerprint density at radius 3 is 2.67 bits per heavy atom. The number of fused-ring (bicyclic) bond motifs is 1. The maximum absolute atomic E-state index is 14.5. The lowest BCUT2D eigenvalue weighted by Gasteiger charge is -2.27. The smallest absolute Gasteiger partial charge is 0.335 e. The summed E-state index contributed by atoms with van der Waals surface area (Å²) in [6.45, 7) is -0.142. The summed E-state index contributed by atoms with van der Waals surface area (Å²) in [7, 11) is 0. The number of hydrogen-bond acceptors (Lipinski definition) is 7. The number of carbonyl (C=O) groups is 2. The van der Waals surface area contributed by atoms with Gasteiger partial charge in [0.25, 0.3) is 11.5 Å². The number of aromatic nitrogens is 2. The molecule has 2 unspecified atom stereocenters. The van der Waals surface area contributed by atoms with Crippen LogP contribution in [0.1, 0.15) is 22.6 Å². The molecule has 0 saturated carbocycles. The van der Waals surface area contributed by atoms with E-state index in [1.807, 2.05) is 0 Å². The van der Waals surface area contributed by atoms with Crippen LogP contribution >= 0.6 is 11.6 Å². The van der Waals surface area contributed by atoms with Crippen LogP contribution in [-0.2, 0) is 20.8 Å². The third-order valence-electron chi connectivity index (χ3n) is 5.36. The molecule has 1 amide bonds. The predicted octanol–water partition coefficient (Wildman–Crippen LogP) is 2.42. The first-order valence-corrected chi connectivity index (χ1v) is 11.1. The maximum atomic E-state index is 14.5. The number of halogens is 3. The van der Waals surface area contributed by atoms with Gasteiger partial charge in [0.15, 0.2) is 23.5 Å². The molecule has 2 heterocycles. The van der Waals surface area contributed by atoms with Gasteiger partial charge in [0.1, 0.15) is 11.2 Å². The molecule has 10 nitrogen and oxygen atoms in total. The van der Waals surface area contributed by atoms with E-state index in [9.17, 15) is 23.2 Å². The number of aromatic amines is 1. The Balaban J connectivity index is 1.43. The molecule has 1 aromatic heterocycles. The van der Waals surface area contributed by atoms with Gasteiger partial charge in [-0.2, -0.15) is 0 Å². The number of ether oxygens (including phenoxy) is 3. The summed E-state index contributed by atoms with van der Waals surface area (Å²) >= 11 is 5.73. The van der Waals surface area contributed by atoms with Crippen LogP contribution in [-0.4, -0.2) is 59.0 Å². The van der Waals surface area contributed by atoms with E-state index in [0.717, 1.165) is 12.1 Å². The number of carbonyl (C=O) groups excluding carboxylic acids is 1. The SMILES string of the molecule is O=C(NCc1ccc(F)c(Cl)c1)c1nc2ccc(F)c(OCCC3COC(C(=O)O)CO3)c2c(=O)[nH]1. The van der Waals surface area contributed by atoms with Crippen molar-refractivity contribution in [1.82, 2.24) is 15.3 Å². The molecule has 0 aliphatic carbocycles. The highest BCUT2D eigenvalue weighted by molar-refractivity contribution is 6.30. The fourth-order valence-electron chi connectivity index (χ4n) is 3.49. The highest BCUT2D eigenvalue weighted by Crippen LogP contribution is 2.26. The normalized spacial score (nSPS) is 17.6. The zero-order chi connectivity index (χ0) is 25.8. The average molecular weight is 524 g/mol. The molecule has 1 fully saturated rings. The summed E-state index contributed by atoms with van der Waals surface area (Å²) in [6, 6.07) is 6.27. The molecule has 13 heteroatoms. The standard InChI is InChI=1S/C23H20ClF2N3O7/c24-13-7-11(1-2-14(13)25)8-27-22(31)20-28-16-4-3-15(26)19(18(16)21(30)29-20)34-6-5-12-9-36-17(10-35-12)23(32)33/h1-4,7,12,17H,5-6,8-10H2,(H,27,31)(H,32,33)(H,28,29,30). The predicted molar refractivity (Wildman–Crippen MR) is 122 cm³/mol. The zero-order valence-corrected chi connectivity index (χ0v) is 19.3. The second-order valence-corrected chi connectivity index (χ2v) is 8.28. The van der Waals surface area contributed by atoms with Gasteiger partial charge in [0.05, 0.1) is 36.5 Å². The van der Waals surface area contributed by atoms with Gasteiger partial charge < -0.3 is 29.6 Å². The molecule has 4 rings (SSSR count). The summed E-state index contributed by atoms with van der Waals surface area (Å²) in [5.74, 6) is -3.87. The molecule has 1 aliphatic rings. The molecule has 0 bridgehead atoms. The minimum Gasteiger partial charge on any atom is -0.489 e. The Morgan fingerprint density at radius 1 is 1.19 bits per heavy atom. The Kier molecular flexibility index (Phi) is 7.77. The summed E-state index contributed by atoms with van der Waals surface area (Å²) in [5.41, 5.74) is -0.223. The summed E-state index contributed by atoms with van der Waals surface area (Å²) in [4.78, 5) is 42.5. The zero-order valence-electron chi connectivity index (χ0n) is 18.6. The molecular weight excluding hydrogens is 504 g/mol. The molecule has 2 atom stereocenters. The van der Waals surface area contributed by atoms with E-state index in [1.165, 1.54) is 18.2 Å². The average Bonchev–Trinajstić information content (AvgIpc) is 2.86. The number of aliphatic carboxylic acids is 1. The number of nitrogens with zero attached hydrogens (tertiary/aromatic N) is 1. The van der Waals surface area contributed by atoms with Crippen molar-refractivity contribution in [3.8, 4) is 5.75 Å². The summed E-state index contributed by atoms with van der Waals surface area (Å²) < 4.78 is 43.9. The first-order valence-electron chi connectivity index (χ1n) is 10.8. The number of rotatable bonds is 8. The van der Waals surface area contributed by atoms with Gasteiger partial charge >= 0.3 is 5.97 Å². The van der Waals surface area contributed by atoms with Gasteiger partial charge in [-0.1, -0.05) is 17.7 Å². The van der Waals surface area contributed by atoms with Crippen LogP contribution < -0.4 is 15.6 Å². The van der Waals surface area contributed by atoms with Crippen LogP contribution in [0.25, 0.3) is 10.9 Å². The van der Waals surface area contributed by atoms with Crippen molar-refractivity contribution < 1.29 is 37.7 Å². The first-order chi connectivity index (χ1) is 17.2. The number of carboxylic acid groups (broad SMARTS) is 1. The minimum atomic E-state index is -1.12. The van der Waals surface area contributed by atoms with E-state index in [0.29, 0.717) is 5.56 Å². The molecule has 36 heavy (non-hydrogen) atoms. The van der Waals surface area contributed by atoms with E-state index in [4.69, 9.17) is 30.9 Å². The van der Waals surface area contributed by atoms with Crippen molar-refractivity contribution in [3.05, 3.63) is 68.7 Å². The van der Waals surface area contributed by atoms with Crippen molar-refractivity contribution in [2.24, 2.45) is 0 Å². The van der Waals surface area contributed by atoms with Gasteiger partial charge in [0.2, 0.25) is 0 Å². The van der Waals surface area contributed by atoms with Crippen LogP contribution in [0.2, 0.25) is 5.02 Å². The van der Waals surface area contributed by atoms with Crippen LogP contribution in [0.5, 0.6) is 5.75 Å². The van der Waals surface area contributed by atoms with Crippen LogP contribution in [0.15, 0.2) is 35.1 Å². The van der Waals surface area contributed by atoms with E-state index >= 15 is 0 Å². The van der Waals surface area contributed by atoms with Crippen molar-refractivity contribution in [1.29, 1.82) is 0 Å². The van der Waals surface area contributed by atoms with E-state index in [1.54, 1.807) is 0 Å². The Labute approximate surface area is 207 Å². The van der Waals surface area contributed by atoms with Crippen LogP contribution in [0.3, 0.4) is 0 Å². The second-order valence-electron chi connectivity index (χ2n) is 7.87. The minimum absolute atomic E-state index is 0.00146. The van der Waals surface area contributed by atoms with Crippen molar-refractivity contribution in [2.45, 2.75) is 25.2 Å². The number of amides is 1. The van der Waals surface area contributed by atoms with Crippen molar-refractivity contribution in [2.75, 3.05) is 19.8 Å². The van der Waals surface area contributed by atoms with Crippen LogP contribution in [0.4, 0.5) is 8.78 Å². The number of benzene rings is 2. The Bertz CT molecular complexity index is 1360. The lowest BCUT2D eigenvalue weighted by molar-refractivity contribution is -0.176. The molecule has 2 aromatic carbocycles. The summed E-state index contributed by atoms with van der Waals surface area (Å²) in [5, 5.41) is 11.2. The first kappa shape index (κ1) is 25.5. The van der Waals surface area contributed by atoms with E-state index in [-0.39, 0.29) is 60.3 Å². The van der Waals surface area contributed by atoms with Gasteiger partial charge in [-0.25, -0.2) is 18.6 Å². The fraction of sp³-hybridized carbons (Fsp3) is 0.304. The monoisotopic (exact) mass is 523 g/mol. The second kappa shape index (κ2) is 11.0. The third kappa shape index (κ3) is 5.78. The fourth-order valence-corrected chi connectivity index (χ4v) is 3.69. The highest BCUT2D eigenvalue weighted by atomic mass is 35.5. The molecule has 1 aliphatic heterocycles. The molecule has 1 saturated heterocycles.